The summed E-state index contributed by atoms with van der Waals surface area (Å²) in [6, 6.07) is 2.13. The predicted octanol–water partition coefficient (Wildman–Crippen LogP) is 0.285. The summed E-state index contributed by atoms with van der Waals surface area (Å²) in [5.74, 6) is -0.736. The van der Waals surface area contributed by atoms with Gasteiger partial charge >= 0.3 is 0 Å². The normalized spacial score (nSPS) is 16.3. The molecule has 0 aromatic heterocycles. The average molecular weight is 389 g/mol. The molecule has 1 saturated heterocycles. The van der Waals surface area contributed by atoms with Crippen LogP contribution in [0, 0.1) is 5.82 Å². The van der Waals surface area contributed by atoms with Gasteiger partial charge in [0.2, 0.25) is 15.9 Å². The van der Waals surface area contributed by atoms with E-state index in [1.54, 1.807) is 0 Å². The number of hydrogen-bond donors (Lipinski definition) is 1. The highest BCUT2D eigenvalue weighted by atomic mass is 32.2. The maximum Gasteiger partial charge on any atom is 0.246 e. The Labute approximate surface area is 152 Å². The number of amides is 1. The van der Waals surface area contributed by atoms with Crippen LogP contribution in [0.15, 0.2) is 17.0 Å². The van der Waals surface area contributed by atoms with E-state index in [0.29, 0.717) is 19.6 Å². The second-order valence-corrected chi connectivity index (χ2v) is 7.68. The van der Waals surface area contributed by atoms with Crippen LogP contribution in [0.5, 0.6) is 11.5 Å². The monoisotopic (exact) mass is 389 g/mol. The minimum Gasteiger partial charge on any atom is -0.493 e. The number of benzene rings is 1. The third-order valence-corrected chi connectivity index (χ3v) is 6.04. The van der Waals surface area contributed by atoms with E-state index in [9.17, 15) is 17.6 Å². The number of nitrogens with one attached hydrogen (secondary N) is 1. The van der Waals surface area contributed by atoms with E-state index in [-0.39, 0.29) is 37.0 Å². The number of carbonyl (C=O) groups is 1. The first kappa shape index (κ1) is 20.4. The number of piperazine rings is 1. The molecule has 0 bridgehead atoms. The van der Waals surface area contributed by atoms with Crippen molar-refractivity contribution in [2.45, 2.75) is 11.8 Å². The average Bonchev–Trinajstić information content (AvgIpc) is 2.61. The molecule has 1 aromatic carbocycles. The molecule has 0 atom stereocenters. The molecule has 1 aliphatic rings. The summed E-state index contributed by atoms with van der Waals surface area (Å²) in [4.78, 5) is 13.0. The highest BCUT2D eigenvalue weighted by Crippen LogP contribution is 2.33. The number of carbonyl (C=O) groups excluding carboxylic acids is 1. The maximum atomic E-state index is 14.3. The molecule has 1 amide bonds. The van der Waals surface area contributed by atoms with Crippen LogP contribution < -0.4 is 14.8 Å². The van der Waals surface area contributed by atoms with Gasteiger partial charge in [-0.1, -0.05) is 0 Å². The Bertz CT molecular complexity index is 748. The van der Waals surface area contributed by atoms with Gasteiger partial charge in [0.05, 0.1) is 20.8 Å². The lowest BCUT2D eigenvalue weighted by molar-refractivity contribution is -0.122. The first-order chi connectivity index (χ1) is 12.3. The molecule has 0 unspecified atom stereocenters. The zero-order valence-electron chi connectivity index (χ0n) is 15.1. The summed E-state index contributed by atoms with van der Waals surface area (Å²) in [6.07, 6.45) is 0. The topological polar surface area (TPSA) is 88.2 Å². The molecule has 0 radical (unpaired) electrons. The van der Waals surface area contributed by atoms with Crippen LogP contribution in [0.3, 0.4) is 0 Å². The third kappa shape index (κ3) is 4.43. The summed E-state index contributed by atoms with van der Waals surface area (Å²) < 4.78 is 51.2. The Hall–Kier alpha value is -1.91. The molecule has 2 rings (SSSR count). The van der Waals surface area contributed by atoms with Gasteiger partial charge in [0.15, 0.2) is 11.5 Å². The molecule has 8 nitrogen and oxygen atoms in total. The largest absolute Gasteiger partial charge is 0.493 e. The van der Waals surface area contributed by atoms with E-state index in [1.807, 2.05) is 11.8 Å². The Kier molecular flexibility index (Phi) is 6.79. The minimum absolute atomic E-state index is 0.102. The van der Waals surface area contributed by atoms with Crippen LogP contribution in [0.2, 0.25) is 0 Å². The first-order valence-electron chi connectivity index (χ1n) is 8.24. The van der Waals surface area contributed by atoms with Gasteiger partial charge in [0, 0.05) is 44.9 Å². The van der Waals surface area contributed by atoms with Gasteiger partial charge in [-0.15, -0.1) is 0 Å². The Morgan fingerprint density at radius 3 is 2.27 bits per heavy atom. The fourth-order valence-electron chi connectivity index (χ4n) is 2.76. The molecule has 0 spiro atoms. The smallest absolute Gasteiger partial charge is 0.246 e. The van der Waals surface area contributed by atoms with E-state index >= 15 is 0 Å². The van der Waals surface area contributed by atoms with Gasteiger partial charge in [0.25, 0.3) is 0 Å². The minimum atomic E-state index is -4.02. The molecule has 26 heavy (non-hydrogen) atoms. The van der Waals surface area contributed by atoms with Crippen molar-refractivity contribution in [1.29, 1.82) is 0 Å². The molecule has 1 fully saturated rings. The number of sulfonamides is 1. The van der Waals surface area contributed by atoms with Gasteiger partial charge in [-0.3, -0.25) is 9.69 Å². The Morgan fingerprint density at radius 2 is 1.73 bits per heavy atom. The van der Waals surface area contributed by atoms with Crippen molar-refractivity contribution in [2.24, 2.45) is 0 Å². The van der Waals surface area contributed by atoms with Crippen LogP contribution in [0.4, 0.5) is 4.39 Å². The Balaban J connectivity index is 2.13. The third-order valence-electron chi connectivity index (χ3n) is 4.13. The summed E-state index contributed by atoms with van der Waals surface area (Å²) in [5, 5.41) is 2.70. The highest BCUT2D eigenvalue weighted by Gasteiger charge is 2.32. The van der Waals surface area contributed by atoms with Crippen LogP contribution in [0.25, 0.3) is 0 Å². The van der Waals surface area contributed by atoms with Gasteiger partial charge in [-0.25, -0.2) is 12.8 Å². The van der Waals surface area contributed by atoms with Crippen LogP contribution in [-0.2, 0) is 14.8 Å². The molecule has 1 aromatic rings. The fraction of sp³-hybridized carbons (Fsp3) is 0.562. The van der Waals surface area contributed by atoms with Crippen LogP contribution in [0.1, 0.15) is 6.92 Å². The highest BCUT2D eigenvalue weighted by molar-refractivity contribution is 7.89. The van der Waals surface area contributed by atoms with E-state index in [4.69, 9.17) is 9.47 Å². The molecule has 1 aliphatic heterocycles. The summed E-state index contributed by atoms with van der Waals surface area (Å²) in [7, 11) is -1.32. The van der Waals surface area contributed by atoms with Crippen molar-refractivity contribution in [1.82, 2.24) is 14.5 Å². The molecular weight excluding hydrogens is 365 g/mol. The van der Waals surface area contributed by atoms with Crippen LogP contribution in [-0.4, -0.2) is 77.0 Å². The van der Waals surface area contributed by atoms with Crippen molar-refractivity contribution >= 4 is 15.9 Å². The molecule has 0 saturated carbocycles. The van der Waals surface area contributed by atoms with Crippen molar-refractivity contribution < 1.29 is 27.1 Å². The van der Waals surface area contributed by atoms with E-state index in [0.717, 1.165) is 12.1 Å². The number of likely N-dealkylation sites (N-methyl/N-ethyl adjacent to an activating group) is 1. The molecular formula is C16H24FN3O5S. The van der Waals surface area contributed by atoms with Crippen molar-refractivity contribution in [3.8, 4) is 11.5 Å². The number of rotatable bonds is 7. The number of nitrogens with zero attached hydrogens (tertiary/aromatic N) is 2. The van der Waals surface area contributed by atoms with Gasteiger partial charge in [-0.2, -0.15) is 4.31 Å². The second kappa shape index (κ2) is 8.65. The maximum absolute atomic E-state index is 14.3. The van der Waals surface area contributed by atoms with E-state index in [2.05, 4.69) is 5.32 Å². The lowest BCUT2D eigenvalue weighted by Gasteiger charge is -2.33. The van der Waals surface area contributed by atoms with E-state index in [1.165, 1.54) is 18.5 Å². The molecule has 146 valence electrons. The zero-order chi connectivity index (χ0) is 19.3. The van der Waals surface area contributed by atoms with Crippen molar-refractivity contribution in [2.75, 3.05) is 53.5 Å². The second-order valence-electron chi connectivity index (χ2n) is 5.77. The number of methoxy groups -OCH3 is 2. The lowest BCUT2D eigenvalue weighted by atomic mass is 10.3. The van der Waals surface area contributed by atoms with Crippen LogP contribution >= 0.6 is 0 Å². The number of halogens is 1. The number of hydrogen-bond acceptors (Lipinski definition) is 6. The number of ether oxygens (including phenoxy) is 2. The summed E-state index contributed by atoms with van der Waals surface area (Å²) in [6.45, 7) is 3.74. The molecule has 0 aliphatic carbocycles. The van der Waals surface area contributed by atoms with Gasteiger partial charge < -0.3 is 14.8 Å². The standard InChI is InChI=1S/C16H24FN3O5S/c1-4-18-16(21)11-19-5-7-20(8-6-19)26(22,23)15-10-14(25-3)13(24-2)9-12(15)17/h9-10H,4-8,11H2,1-3H3,(H,18,21). The van der Waals surface area contributed by atoms with Gasteiger partial charge in [-0.05, 0) is 6.92 Å². The summed E-state index contributed by atoms with van der Waals surface area (Å²) >= 11 is 0. The van der Waals surface area contributed by atoms with Crippen molar-refractivity contribution in [3.05, 3.63) is 17.9 Å². The zero-order valence-corrected chi connectivity index (χ0v) is 15.9. The lowest BCUT2D eigenvalue weighted by Crippen LogP contribution is -2.51. The molecule has 10 heteroatoms. The summed E-state index contributed by atoms with van der Waals surface area (Å²) in [5.41, 5.74) is 0. The quantitative estimate of drug-likeness (QED) is 0.721. The molecule has 1 heterocycles. The first-order valence-corrected chi connectivity index (χ1v) is 9.68. The van der Waals surface area contributed by atoms with E-state index < -0.39 is 20.7 Å². The fourth-order valence-corrected chi connectivity index (χ4v) is 4.24. The molecule has 1 N–H and O–H groups in total. The SMILES string of the molecule is CCNC(=O)CN1CCN(S(=O)(=O)c2cc(OC)c(OC)cc2F)CC1. The van der Waals surface area contributed by atoms with Crippen molar-refractivity contribution in [3.63, 3.8) is 0 Å². The predicted molar refractivity (Wildman–Crippen MR) is 93.4 cm³/mol. The Morgan fingerprint density at radius 1 is 1.15 bits per heavy atom. The van der Waals surface area contributed by atoms with Gasteiger partial charge in [0.1, 0.15) is 10.7 Å².